The van der Waals surface area contributed by atoms with Crippen LogP contribution in [0.5, 0.6) is 0 Å². The summed E-state index contributed by atoms with van der Waals surface area (Å²) < 4.78 is 0. The fraction of sp³-hybridized carbons (Fsp3) is 0.833. The normalized spacial score (nSPS) is 20.4. The van der Waals surface area contributed by atoms with E-state index in [-0.39, 0.29) is 17.3 Å². The summed E-state index contributed by atoms with van der Waals surface area (Å²) >= 11 is 0. The predicted molar refractivity (Wildman–Crippen MR) is 70.5 cm³/mol. The van der Waals surface area contributed by atoms with Gasteiger partial charge in [-0.1, -0.05) is 5.16 Å². The van der Waals surface area contributed by atoms with E-state index >= 15 is 0 Å². The summed E-state index contributed by atoms with van der Waals surface area (Å²) in [5.74, 6) is -0.739. The number of nitrogens with two attached hydrogens (primary N) is 1. The topological polar surface area (TPSA) is 82.2 Å². The molecule has 18 heavy (non-hydrogen) atoms. The molecule has 1 aliphatic rings. The number of hydrogen-bond donors (Lipinski definition) is 2. The first-order chi connectivity index (χ1) is 8.34. The average Bonchev–Trinajstić information content (AvgIpc) is 2.29. The van der Waals surface area contributed by atoms with Crippen molar-refractivity contribution in [2.75, 3.05) is 27.7 Å². The molecule has 0 aromatic heterocycles. The minimum Gasteiger partial charge on any atom is -0.409 e. The van der Waals surface area contributed by atoms with Crippen LogP contribution in [0, 0.1) is 5.92 Å². The van der Waals surface area contributed by atoms with Crippen molar-refractivity contribution in [3.05, 3.63) is 0 Å². The van der Waals surface area contributed by atoms with Crippen LogP contribution in [0.1, 0.15) is 26.2 Å². The lowest BCUT2D eigenvalue weighted by Gasteiger charge is -2.49. The minimum absolute atomic E-state index is 0.0423. The molecule has 0 bridgehead atoms. The third-order valence-electron chi connectivity index (χ3n) is 4.07. The van der Waals surface area contributed by atoms with Gasteiger partial charge in [0.2, 0.25) is 5.91 Å². The van der Waals surface area contributed by atoms with Gasteiger partial charge in [0.05, 0.1) is 5.92 Å². The van der Waals surface area contributed by atoms with Crippen LogP contribution >= 0.6 is 0 Å². The molecule has 3 N–H and O–H groups in total. The molecule has 0 radical (unpaired) electrons. The second-order valence-corrected chi connectivity index (χ2v) is 5.41. The molecule has 1 saturated carbocycles. The van der Waals surface area contributed by atoms with Crippen molar-refractivity contribution < 1.29 is 10.0 Å². The zero-order chi connectivity index (χ0) is 13.9. The van der Waals surface area contributed by atoms with Crippen molar-refractivity contribution in [1.29, 1.82) is 0 Å². The highest BCUT2D eigenvalue weighted by Gasteiger charge is 2.41. The van der Waals surface area contributed by atoms with Crippen LogP contribution in [0.4, 0.5) is 0 Å². The number of carbonyl (C=O) groups excluding carboxylic acids is 1. The van der Waals surface area contributed by atoms with Crippen molar-refractivity contribution in [2.45, 2.75) is 31.7 Å². The molecule has 1 atom stereocenters. The van der Waals surface area contributed by atoms with Gasteiger partial charge in [-0.2, -0.15) is 0 Å². The largest absolute Gasteiger partial charge is 0.409 e. The lowest BCUT2D eigenvalue weighted by atomic mass is 9.75. The quantitative estimate of drug-likeness (QED) is 0.321. The summed E-state index contributed by atoms with van der Waals surface area (Å²) in [6, 6.07) is 0. The van der Waals surface area contributed by atoms with Crippen LogP contribution in [0.3, 0.4) is 0 Å². The van der Waals surface area contributed by atoms with Gasteiger partial charge in [-0.05, 0) is 40.3 Å². The Labute approximate surface area is 108 Å². The van der Waals surface area contributed by atoms with Crippen molar-refractivity contribution in [3.8, 4) is 0 Å². The summed E-state index contributed by atoms with van der Waals surface area (Å²) in [6.45, 7) is 2.33. The van der Waals surface area contributed by atoms with Gasteiger partial charge in [-0.25, -0.2) is 0 Å². The highest BCUT2D eigenvalue weighted by Crippen LogP contribution is 2.36. The summed E-state index contributed by atoms with van der Waals surface area (Å²) in [5, 5.41) is 11.5. The standard InChI is InChI=1S/C12H24N4O2/c1-9(10(13)14-18)11(17)16(4)8-12(15(2)3)6-5-7-12/h9,18H,5-8H2,1-4H3,(H2,13,14). The molecule has 0 aromatic carbocycles. The lowest BCUT2D eigenvalue weighted by molar-refractivity contribution is -0.134. The summed E-state index contributed by atoms with van der Waals surface area (Å²) in [5.41, 5.74) is 5.56. The molecular weight excluding hydrogens is 232 g/mol. The number of oxime groups is 1. The maximum Gasteiger partial charge on any atom is 0.232 e. The molecule has 0 aliphatic heterocycles. The minimum atomic E-state index is -0.584. The molecule has 6 heteroatoms. The number of carbonyl (C=O) groups is 1. The van der Waals surface area contributed by atoms with E-state index in [2.05, 4.69) is 10.1 Å². The number of likely N-dealkylation sites (N-methyl/N-ethyl adjacent to an activating group) is 2. The second kappa shape index (κ2) is 5.56. The van der Waals surface area contributed by atoms with Gasteiger partial charge < -0.3 is 20.7 Å². The van der Waals surface area contributed by atoms with Crippen molar-refractivity contribution in [3.63, 3.8) is 0 Å². The van der Waals surface area contributed by atoms with Crippen LogP contribution in [-0.4, -0.2) is 60.0 Å². The zero-order valence-corrected chi connectivity index (χ0v) is 11.7. The summed E-state index contributed by atoms with van der Waals surface area (Å²) in [7, 11) is 5.86. The van der Waals surface area contributed by atoms with Crippen molar-refractivity contribution in [1.82, 2.24) is 9.80 Å². The Hall–Kier alpha value is -1.30. The van der Waals surface area contributed by atoms with E-state index < -0.39 is 5.92 Å². The molecule has 6 nitrogen and oxygen atoms in total. The van der Waals surface area contributed by atoms with Crippen LogP contribution in [0.2, 0.25) is 0 Å². The Morgan fingerprint density at radius 1 is 1.44 bits per heavy atom. The van der Waals surface area contributed by atoms with E-state index in [1.807, 2.05) is 14.1 Å². The highest BCUT2D eigenvalue weighted by atomic mass is 16.4. The first kappa shape index (κ1) is 14.8. The summed E-state index contributed by atoms with van der Waals surface area (Å²) in [6.07, 6.45) is 3.42. The molecule has 0 spiro atoms. The molecule has 104 valence electrons. The Kier molecular flexibility index (Phi) is 4.56. The van der Waals surface area contributed by atoms with Gasteiger partial charge in [0, 0.05) is 19.1 Å². The number of rotatable bonds is 5. The van der Waals surface area contributed by atoms with Crippen LogP contribution in [0.25, 0.3) is 0 Å². The Bertz CT molecular complexity index is 337. The maximum atomic E-state index is 12.1. The number of amidine groups is 1. The zero-order valence-electron chi connectivity index (χ0n) is 11.7. The molecule has 0 saturated heterocycles. The van der Waals surface area contributed by atoms with Crippen LogP contribution < -0.4 is 5.73 Å². The number of amides is 1. The van der Waals surface area contributed by atoms with Gasteiger partial charge in [0.25, 0.3) is 0 Å². The molecule has 1 amide bonds. The molecule has 1 fully saturated rings. The van der Waals surface area contributed by atoms with E-state index in [4.69, 9.17) is 10.9 Å². The fourth-order valence-electron chi connectivity index (χ4n) is 2.39. The Morgan fingerprint density at radius 3 is 2.33 bits per heavy atom. The van der Waals surface area contributed by atoms with E-state index in [0.29, 0.717) is 6.54 Å². The van der Waals surface area contributed by atoms with Gasteiger partial charge in [0.15, 0.2) is 5.84 Å². The van der Waals surface area contributed by atoms with Gasteiger partial charge in [-0.15, -0.1) is 0 Å². The SMILES string of the molecule is CC(C(=O)N(C)CC1(N(C)C)CCC1)C(N)=NO. The van der Waals surface area contributed by atoms with Crippen molar-refractivity contribution in [2.24, 2.45) is 16.8 Å². The molecule has 0 aromatic rings. The number of nitrogens with zero attached hydrogens (tertiary/aromatic N) is 3. The smallest absolute Gasteiger partial charge is 0.232 e. The number of hydrogen-bond acceptors (Lipinski definition) is 4. The molecule has 1 rings (SSSR count). The predicted octanol–water partition coefficient (Wildman–Crippen LogP) is 0.312. The molecule has 0 heterocycles. The lowest BCUT2D eigenvalue weighted by Crippen LogP contribution is -2.58. The first-order valence-electron chi connectivity index (χ1n) is 6.24. The van der Waals surface area contributed by atoms with E-state index in [9.17, 15) is 4.79 Å². The fourth-order valence-corrected chi connectivity index (χ4v) is 2.39. The molecular formula is C12H24N4O2. The highest BCUT2D eigenvalue weighted by molar-refractivity contribution is 6.01. The van der Waals surface area contributed by atoms with Crippen molar-refractivity contribution >= 4 is 11.7 Å². The van der Waals surface area contributed by atoms with E-state index in [0.717, 1.165) is 12.8 Å². The maximum absolute atomic E-state index is 12.1. The average molecular weight is 256 g/mol. The van der Waals surface area contributed by atoms with E-state index in [1.165, 1.54) is 6.42 Å². The summed E-state index contributed by atoms with van der Waals surface area (Å²) in [4.78, 5) is 16.0. The molecule has 1 unspecified atom stereocenters. The third kappa shape index (κ3) is 2.75. The first-order valence-corrected chi connectivity index (χ1v) is 6.24. The molecule has 1 aliphatic carbocycles. The van der Waals surface area contributed by atoms with Gasteiger partial charge in [0.1, 0.15) is 0 Å². The van der Waals surface area contributed by atoms with Gasteiger partial charge >= 0.3 is 0 Å². The second-order valence-electron chi connectivity index (χ2n) is 5.41. The Balaban J connectivity index is 2.65. The third-order valence-corrected chi connectivity index (χ3v) is 4.07. The Morgan fingerprint density at radius 2 is 2.00 bits per heavy atom. The van der Waals surface area contributed by atoms with Gasteiger partial charge in [-0.3, -0.25) is 4.79 Å². The van der Waals surface area contributed by atoms with Crippen LogP contribution in [0.15, 0.2) is 5.16 Å². The monoisotopic (exact) mass is 256 g/mol. The van der Waals surface area contributed by atoms with Crippen LogP contribution in [-0.2, 0) is 4.79 Å². The van der Waals surface area contributed by atoms with E-state index in [1.54, 1.807) is 18.9 Å².